The zero-order valence-electron chi connectivity index (χ0n) is 17.9. The van der Waals surface area contributed by atoms with Gasteiger partial charge in [0.1, 0.15) is 5.82 Å². The fourth-order valence-corrected chi connectivity index (χ4v) is 4.26. The molecule has 0 atom stereocenters. The van der Waals surface area contributed by atoms with Crippen molar-refractivity contribution >= 4 is 44.8 Å². The number of likely N-dealkylation sites (N-methyl/N-ethyl adjacent to an activating group) is 1. The van der Waals surface area contributed by atoms with Gasteiger partial charge in [0.05, 0.1) is 16.5 Å². The molecule has 0 saturated carbocycles. The number of rotatable bonds is 7. The molecule has 34 heavy (non-hydrogen) atoms. The van der Waals surface area contributed by atoms with Gasteiger partial charge in [-0.05, 0) is 60.7 Å². The van der Waals surface area contributed by atoms with E-state index in [0.29, 0.717) is 11.3 Å². The number of sulfonamides is 1. The van der Waals surface area contributed by atoms with Crippen LogP contribution in [0.1, 0.15) is 15.9 Å². The van der Waals surface area contributed by atoms with Gasteiger partial charge in [0.15, 0.2) is 0 Å². The number of nitrogens with zero attached hydrogens (tertiary/aromatic N) is 1. The van der Waals surface area contributed by atoms with Crippen LogP contribution in [0.25, 0.3) is 0 Å². The lowest BCUT2D eigenvalue weighted by atomic mass is 10.2. The molecular formula is C24H19ClFN3O4S. The third kappa shape index (κ3) is 6.13. The van der Waals surface area contributed by atoms with Crippen LogP contribution in [0.3, 0.4) is 0 Å². The monoisotopic (exact) mass is 499 g/mol. The molecule has 3 rings (SSSR count). The Balaban J connectivity index is 1.63. The van der Waals surface area contributed by atoms with Crippen LogP contribution in [-0.2, 0) is 14.8 Å². The fourth-order valence-electron chi connectivity index (χ4n) is 2.93. The van der Waals surface area contributed by atoms with E-state index in [0.717, 1.165) is 18.2 Å². The molecule has 0 aliphatic heterocycles. The van der Waals surface area contributed by atoms with Gasteiger partial charge >= 0.3 is 0 Å². The lowest BCUT2D eigenvalue weighted by molar-refractivity contribution is -0.116. The molecule has 0 radical (unpaired) electrons. The van der Waals surface area contributed by atoms with E-state index >= 15 is 0 Å². The molecule has 2 amide bonds. The fraction of sp³-hybridized carbons (Fsp3) is 0.0833. The third-order valence-corrected chi connectivity index (χ3v) is 6.29. The van der Waals surface area contributed by atoms with Crippen LogP contribution < -0.4 is 10.0 Å². The van der Waals surface area contributed by atoms with Gasteiger partial charge in [-0.2, -0.15) is 0 Å². The molecule has 0 heterocycles. The number of hydrogen-bond donors (Lipinski definition) is 2. The highest BCUT2D eigenvalue weighted by Gasteiger charge is 2.18. The lowest BCUT2D eigenvalue weighted by Gasteiger charge is -2.17. The Morgan fingerprint density at radius 1 is 1.06 bits per heavy atom. The number of carbonyl (C=O) groups is 2. The van der Waals surface area contributed by atoms with Crippen LogP contribution in [0.15, 0.2) is 71.6 Å². The molecule has 174 valence electrons. The number of terminal acetylenes is 1. The van der Waals surface area contributed by atoms with E-state index in [1.54, 1.807) is 24.3 Å². The van der Waals surface area contributed by atoms with Crippen LogP contribution in [0.5, 0.6) is 0 Å². The maximum Gasteiger partial charge on any atom is 0.261 e. The second-order valence-electron chi connectivity index (χ2n) is 7.19. The Kier molecular flexibility index (Phi) is 7.56. The van der Waals surface area contributed by atoms with Crippen molar-refractivity contribution in [2.24, 2.45) is 0 Å². The van der Waals surface area contributed by atoms with Gasteiger partial charge in [-0.15, -0.1) is 6.42 Å². The van der Waals surface area contributed by atoms with Crippen molar-refractivity contribution in [2.45, 2.75) is 4.90 Å². The number of benzene rings is 3. The van der Waals surface area contributed by atoms with Crippen LogP contribution in [0, 0.1) is 18.2 Å². The highest BCUT2D eigenvalue weighted by atomic mass is 35.5. The molecule has 0 unspecified atom stereocenters. The topological polar surface area (TPSA) is 95.6 Å². The maximum absolute atomic E-state index is 13.3. The molecule has 0 saturated heterocycles. The molecule has 0 aliphatic rings. The van der Waals surface area contributed by atoms with E-state index < -0.39 is 27.7 Å². The van der Waals surface area contributed by atoms with E-state index in [1.165, 1.54) is 36.2 Å². The first-order valence-corrected chi connectivity index (χ1v) is 11.6. The van der Waals surface area contributed by atoms with E-state index in [4.69, 9.17) is 18.0 Å². The minimum Gasteiger partial charge on any atom is -0.332 e. The van der Waals surface area contributed by atoms with Gasteiger partial charge in [0.25, 0.3) is 15.9 Å². The van der Waals surface area contributed by atoms with Crippen molar-refractivity contribution in [1.29, 1.82) is 0 Å². The van der Waals surface area contributed by atoms with E-state index in [9.17, 15) is 22.4 Å². The van der Waals surface area contributed by atoms with Gasteiger partial charge in [0.2, 0.25) is 5.91 Å². The second-order valence-corrected chi connectivity index (χ2v) is 9.28. The largest absolute Gasteiger partial charge is 0.332 e. The first-order chi connectivity index (χ1) is 16.1. The van der Waals surface area contributed by atoms with Crippen LogP contribution in [-0.4, -0.2) is 38.7 Å². The molecular weight excluding hydrogens is 481 g/mol. The Morgan fingerprint density at radius 3 is 2.41 bits per heavy atom. The van der Waals surface area contributed by atoms with Crippen LogP contribution in [0.2, 0.25) is 5.02 Å². The zero-order valence-corrected chi connectivity index (χ0v) is 19.5. The number of hydrogen-bond acceptors (Lipinski definition) is 4. The molecule has 10 heteroatoms. The molecule has 7 nitrogen and oxygen atoms in total. The average molecular weight is 500 g/mol. The van der Waals surface area contributed by atoms with Crippen molar-refractivity contribution < 1.29 is 22.4 Å². The number of halogens is 2. The Bertz CT molecular complexity index is 1390. The minimum absolute atomic E-state index is 0.186. The van der Waals surface area contributed by atoms with Crippen molar-refractivity contribution in [3.63, 3.8) is 0 Å². The number of amides is 2. The van der Waals surface area contributed by atoms with Crippen molar-refractivity contribution in [2.75, 3.05) is 23.6 Å². The smallest absolute Gasteiger partial charge is 0.261 e. The SMILES string of the molecule is C#Cc1cccc(NC(=O)CN(C)C(=O)c2ccc(NS(=O)(=O)c3ccc(F)c(Cl)c3)cc2)c1. The molecule has 0 aliphatic carbocycles. The first-order valence-electron chi connectivity index (χ1n) is 9.79. The van der Waals surface area contributed by atoms with Gasteiger partial charge in [0, 0.05) is 29.5 Å². The third-order valence-electron chi connectivity index (χ3n) is 4.63. The summed E-state index contributed by atoms with van der Waals surface area (Å²) in [6, 6.07) is 15.4. The van der Waals surface area contributed by atoms with Gasteiger partial charge in [-0.1, -0.05) is 23.6 Å². The molecule has 0 fully saturated rings. The summed E-state index contributed by atoms with van der Waals surface area (Å²) in [5.74, 6) is 0.893. The minimum atomic E-state index is -4.01. The summed E-state index contributed by atoms with van der Waals surface area (Å²) in [6.07, 6.45) is 5.35. The Morgan fingerprint density at radius 2 is 1.76 bits per heavy atom. The summed E-state index contributed by atoms with van der Waals surface area (Å²) in [7, 11) is -2.55. The molecule has 0 spiro atoms. The van der Waals surface area contributed by atoms with Crippen molar-refractivity contribution in [3.05, 3.63) is 88.7 Å². The quantitative estimate of drug-likeness (QED) is 0.481. The Hall–Kier alpha value is -3.87. The predicted molar refractivity (Wildman–Crippen MR) is 129 cm³/mol. The second kappa shape index (κ2) is 10.4. The Labute approximate surface area is 201 Å². The number of anilines is 2. The van der Waals surface area contributed by atoms with E-state index in [-0.39, 0.29) is 27.7 Å². The lowest BCUT2D eigenvalue weighted by Crippen LogP contribution is -2.34. The van der Waals surface area contributed by atoms with Crippen LogP contribution >= 0.6 is 11.6 Å². The highest BCUT2D eigenvalue weighted by molar-refractivity contribution is 7.92. The number of nitrogens with one attached hydrogen (secondary N) is 2. The summed E-state index contributed by atoms with van der Waals surface area (Å²) in [5.41, 5.74) is 1.56. The van der Waals surface area contributed by atoms with Crippen LogP contribution in [0.4, 0.5) is 15.8 Å². The molecule has 2 N–H and O–H groups in total. The normalized spacial score (nSPS) is 10.8. The summed E-state index contributed by atoms with van der Waals surface area (Å²) in [4.78, 5) is 25.9. The zero-order chi connectivity index (χ0) is 24.9. The average Bonchev–Trinajstić information content (AvgIpc) is 2.80. The summed E-state index contributed by atoms with van der Waals surface area (Å²) < 4.78 is 40.6. The molecule has 0 bridgehead atoms. The summed E-state index contributed by atoms with van der Waals surface area (Å²) in [6.45, 7) is -0.210. The first kappa shape index (κ1) is 24.8. The standard InChI is InChI=1S/C24H19ClFN3O4S/c1-3-16-5-4-6-19(13-16)27-23(30)15-29(2)24(31)17-7-9-18(10-8-17)28-34(32,33)20-11-12-22(26)21(25)14-20/h1,4-14,28H,15H2,2H3,(H,27,30). The molecule has 0 aromatic heterocycles. The number of carbonyl (C=O) groups excluding carboxylic acids is 2. The predicted octanol–water partition coefficient (Wildman–Crippen LogP) is 3.97. The highest BCUT2D eigenvalue weighted by Crippen LogP contribution is 2.22. The van der Waals surface area contributed by atoms with E-state index in [2.05, 4.69) is 16.0 Å². The van der Waals surface area contributed by atoms with E-state index in [1.807, 2.05) is 0 Å². The maximum atomic E-state index is 13.3. The van der Waals surface area contributed by atoms with Gasteiger partial charge in [-0.25, -0.2) is 12.8 Å². The summed E-state index contributed by atoms with van der Waals surface area (Å²) in [5, 5.41) is 2.35. The molecule has 3 aromatic rings. The van der Waals surface area contributed by atoms with Gasteiger partial charge in [-0.3, -0.25) is 14.3 Å². The van der Waals surface area contributed by atoms with Crippen molar-refractivity contribution in [1.82, 2.24) is 4.90 Å². The summed E-state index contributed by atoms with van der Waals surface area (Å²) >= 11 is 5.66. The van der Waals surface area contributed by atoms with Crippen molar-refractivity contribution in [3.8, 4) is 12.3 Å². The molecule has 3 aromatic carbocycles. The van der Waals surface area contributed by atoms with Gasteiger partial charge < -0.3 is 10.2 Å².